The van der Waals surface area contributed by atoms with Gasteiger partial charge in [-0.25, -0.2) is 0 Å². The molecule has 0 radical (unpaired) electrons. The molecule has 1 aromatic heterocycles. The Morgan fingerprint density at radius 2 is 1.73 bits per heavy atom. The van der Waals surface area contributed by atoms with E-state index in [0.29, 0.717) is 6.61 Å². The first kappa shape index (κ1) is 14.4. The fourth-order valence-corrected chi connectivity index (χ4v) is 2.39. The maximum atomic E-state index is 8.79. The molecule has 0 aliphatic heterocycles. The third kappa shape index (κ3) is 2.87. The normalized spacial score (nSPS) is 10.6. The number of ether oxygens (including phenoxy) is 1. The standard InChI is InChI=1S/C18H17NO3/c1-13-17(14-7-9-16(10-8-14)21-12-11-20)18(19-22-13)15-5-3-2-4-6-15/h2-10,20H,11-12H2,1H3. The van der Waals surface area contributed by atoms with E-state index in [4.69, 9.17) is 14.4 Å². The minimum absolute atomic E-state index is 0.00463. The summed E-state index contributed by atoms with van der Waals surface area (Å²) in [5.41, 5.74) is 3.87. The first-order valence-electron chi connectivity index (χ1n) is 7.15. The monoisotopic (exact) mass is 295 g/mol. The summed E-state index contributed by atoms with van der Waals surface area (Å²) in [6, 6.07) is 17.7. The third-order valence-electron chi connectivity index (χ3n) is 3.41. The van der Waals surface area contributed by atoms with Crippen LogP contribution in [-0.2, 0) is 0 Å². The van der Waals surface area contributed by atoms with Gasteiger partial charge in [-0.2, -0.15) is 0 Å². The number of aryl methyl sites for hydroxylation is 1. The second-order valence-electron chi connectivity index (χ2n) is 4.92. The second-order valence-corrected chi connectivity index (χ2v) is 4.92. The molecule has 0 fully saturated rings. The van der Waals surface area contributed by atoms with E-state index in [1.165, 1.54) is 0 Å². The Bertz CT molecular complexity index is 733. The summed E-state index contributed by atoms with van der Waals surface area (Å²) in [4.78, 5) is 0. The highest BCUT2D eigenvalue weighted by Gasteiger charge is 2.16. The average Bonchev–Trinajstić information content (AvgIpc) is 2.96. The molecule has 4 nitrogen and oxygen atoms in total. The van der Waals surface area contributed by atoms with E-state index in [9.17, 15) is 0 Å². The topological polar surface area (TPSA) is 55.5 Å². The predicted octanol–water partition coefficient (Wildman–Crippen LogP) is 3.69. The molecule has 0 aliphatic rings. The van der Waals surface area contributed by atoms with Gasteiger partial charge in [-0.05, 0) is 24.6 Å². The van der Waals surface area contributed by atoms with Gasteiger partial charge in [-0.3, -0.25) is 0 Å². The molecule has 4 heteroatoms. The molecule has 2 aromatic carbocycles. The quantitative estimate of drug-likeness (QED) is 0.780. The van der Waals surface area contributed by atoms with Crippen LogP contribution in [0, 0.1) is 6.92 Å². The maximum absolute atomic E-state index is 8.79. The van der Waals surface area contributed by atoms with E-state index in [-0.39, 0.29) is 6.61 Å². The van der Waals surface area contributed by atoms with Gasteiger partial charge in [0.25, 0.3) is 0 Å². The Balaban J connectivity index is 1.97. The average molecular weight is 295 g/mol. The number of benzene rings is 2. The molecular weight excluding hydrogens is 278 g/mol. The van der Waals surface area contributed by atoms with E-state index >= 15 is 0 Å². The predicted molar refractivity (Wildman–Crippen MR) is 84.7 cm³/mol. The van der Waals surface area contributed by atoms with E-state index in [0.717, 1.165) is 33.9 Å². The Kier molecular flexibility index (Phi) is 4.21. The molecule has 3 aromatic rings. The van der Waals surface area contributed by atoms with Crippen molar-refractivity contribution in [2.45, 2.75) is 6.92 Å². The van der Waals surface area contributed by atoms with Crippen molar-refractivity contribution in [2.75, 3.05) is 13.2 Å². The summed E-state index contributed by atoms with van der Waals surface area (Å²) in [5, 5.41) is 13.0. The Hall–Kier alpha value is -2.59. The lowest BCUT2D eigenvalue weighted by molar-refractivity contribution is 0.201. The number of aliphatic hydroxyl groups is 1. The smallest absolute Gasteiger partial charge is 0.142 e. The largest absolute Gasteiger partial charge is 0.491 e. The zero-order chi connectivity index (χ0) is 15.4. The van der Waals surface area contributed by atoms with Gasteiger partial charge >= 0.3 is 0 Å². The summed E-state index contributed by atoms with van der Waals surface area (Å²) >= 11 is 0. The van der Waals surface area contributed by atoms with Crippen LogP contribution in [0.15, 0.2) is 59.1 Å². The summed E-state index contributed by atoms with van der Waals surface area (Å²) in [7, 11) is 0. The Labute approximate surface area is 129 Å². The zero-order valence-corrected chi connectivity index (χ0v) is 12.3. The molecule has 112 valence electrons. The van der Waals surface area contributed by atoms with E-state index in [1.54, 1.807) is 0 Å². The number of hydrogen-bond donors (Lipinski definition) is 1. The van der Waals surface area contributed by atoms with Gasteiger partial charge < -0.3 is 14.4 Å². The molecule has 1 N–H and O–H groups in total. The molecule has 1 heterocycles. The van der Waals surface area contributed by atoms with Gasteiger partial charge in [0.2, 0.25) is 0 Å². The number of aliphatic hydroxyl groups excluding tert-OH is 1. The van der Waals surface area contributed by atoms with Gasteiger partial charge in [-0.15, -0.1) is 0 Å². The molecule has 3 rings (SSSR count). The zero-order valence-electron chi connectivity index (χ0n) is 12.3. The molecule has 0 saturated carbocycles. The Morgan fingerprint density at radius 1 is 1.00 bits per heavy atom. The molecule has 0 amide bonds. The maximum Gasteiger partial charge on any atom is 0.142 e. The van der Waals surface area contributed by atoms with Gasteiger partial charge in [-0.1, -0.05) is 47.6 Å². The lowest BCUT2D eigenvalue weighted by Crippen LogP contribution is -2.01. The van der Waals surface area contributed by atoms with Gasteiger partial charge in [0.15, 0.2) is 0 Å². The van der Waals surface area contributed by atoms with Crippen molar-refractivity contribution in [1.29, 1.82) is 0 Å². The highest BCUT2D eigenvalue weighted by atomic mass is 16.5. The van der Waals surface area contributed by atoms with Gasteiger partial charge in [0.05, 0.1) is 12.2 Å². The minimum atomic E-state index is 0.00463. The lowest BCUT2D eigenvalue weighted by atomic mass is 9.99. The fraction of sp³-hybridized carbons (Fsp3) is 0.167. The minimum Gasteiger partial charge on any atom is -0.491 e. The van der Waals surface area contributed by atoms with Crippen LogP contribution in [0.2, 0.25) is 0 Å². The van der Waals surface area contributed by atoms with E-state index in [2.05, 4.69) is 5.16 Å². The van der Waals surface area contributed by atoms with Crippen molar-refractivity contribution in [3.05, 3.63) is 60.4 Å². The van der Waals surface area contributed by atoms with Crippen molar-refractivity contribution in [3.63, 3.8) is 0 Å². The van der Waals surface area contributed by atoms with Crippen LogP contribution < -0.4 is 4.74 Å². The Morgan fingerprint density at radius 3 is 2.41 bits per heavy atom. The van der Waals surface area contributed by atoms with Crippen molar-refractivity contribution < 1.29 is 14.4 Å². The molecule has 0 spiro atoms. The molecule has 0 saturated heterocycles. The summed E-state index contributed by atoms with van der Waals surface area (Å²) in [6.07, 6.45) is 0. The molecular formula is C18H17NO3. The lowest BCUT2D eigenvalue weighted by Gasteiger charge is -2.06. The number of aromatic nitrogens is 1. The second kappa shape index (κ2) is 6.45. The highest BCUT2D eigenvalue weighted by Crippen LogP contribution is 2.34. The van der Waals surface area contributed by atoms with Crippen molar-refractivity contribution in [3.8, 4) is 28.1 Å². The molecule has 22 heavy (non-hydrogen) atoms. The van der Waals surface area contributed by atoms with E-state index < -0.39 is 0 Å². The van der Waals surface area contributed by atoms with Gasteiger partial charge in [0, 0.05) is 5.56 Å². The first-order valence-corrected chi connectivity index (χ1v) is 7.15. The SMILES string of the molecule is Cc1onc(-c2ccccc2)c1-c1ccc(OCCO)cc1. The van der Waals surface area contributed by atoms with Crippen molar-refractivity contribution in [1.82, 2.24) is 5.16 Å². The van der Waals surface area contributed by atoms with E-state index in [1.807, 2.05) is 61.5 Å². The van der Waals surface area contributed by atoms with Crippen molar-refractivity contribution >= 4 is 0 Å². The van der Waals surface area contributed by atoms with Crippen LogP contribution in [0.5, 0.6) is 5.75 Å². The number of rotatable bonds is 5. The number of nitrogens with zero attached hydrogens (tertiary/aromatic N) is 1. The summed E-state index contributed by atoms with van der Waals surface area (Å²) in [6.45, 7) is 2.20. The van der Waals surface area contributed by atoms with Crippen LogP contribution in [0.4, 0.5) is 0 Å². The van der Waals surface area contributed by atoms with Crippen LogP contribution in [0.1, 0.15) is 5.76 Å². The molecule has 0 atom stereocenters. The van der Waals surface area contributed by atoms with Crippen LogP contribution in [-0.4, -0.2) is 23.5 Å². The summed E-state index contributed by atoms with van der Waals surface area (Å²) < 4.78 is 10.8. The first-order chi connectivity index (χ1) is 10.8. The fourth-order valence-electron chi connectivity index (χ4n) is 2.39. The van der Waals surface area contributed by atoms with Crippen molar-refractivity contribution in [2.24, 2.45) is 0 Å². The highest BCUT2D eigenvalue weighted by molar-refractivity contribution is 5.82. The number of hydrogen-bond acceptors (Lipinski definition) is 4. The molecule has 0 bridgehead atoms. The van der Waals surface area contributed by atoms with Gasteiger partial charge in [0.1, 0.15) is 23.8 Å². The van der Waals surface area contributed by atoms with Crippen LogP contribution in [0.3, 0.4) is 0 Å². The van der Waals surface area contributed by atoms with Crippen LogP contribution >= 0.6 is 0 Å². The van der Waals surface area contributed by atoms with Crippen LogP contribution in [0.25, 0.3) is 22.4 Å². The third-order valence-corrected chi connectivity index (χ3v) is 3.41. The summed E-state index contributed by atoms with van der Waals surface area (Å²) in [5.74, 6) is 1.51. The molecule has 0 aliphatic carbocycles. The molecule has 0 unspecified atom stereocenters.